The van der Waals surface area contributed by atoms with Crippen LogP contribution in [-0.2, 0) is 23.0 Å². The Balaban J connectivity index is 2.23. The molecule has 0 aromatic carbocycles. The van der Waals surface area contributed by atoms with Crippen LogP contribution in [0.1, 0.15) is 32.9 Å². The van der Waals surface area contributed by atoms with Crippen LogP contribution in [0, 0.1) is 11.3 Å². The zero-order valence-corrected chi connectivity index (χ0v) is 14.1. The predicted octanol–water partition coefficient (Wildman–Crippen LogP) is 2.82. The van der Waals surface area contributed by atoms with E-state index in [2.05, 4.69) is 20.8 Å². The quantitative estimate of drug-likeness (QED) is 0.804. The molecule has 2 heterocycles. The molecule has 1 saturated heterocycles. The average Bonchev–Trinajstić information content (AvgIpc) is 2.94. The predicted molar refractivity (Wildman–Crippen MR) is 81.3 cm³/mol. The molecule has 0 aliphatic carbocycles. The van der Waals surface area contributed by atoms with Crippen molar-refractivity contribution in [3.05, 3.63) is 18.0 Å². The van der Waals surface area contributed by atoms with Crippen LogP contribution in [0.3, 0.4) is 0 Å². The molecular formula is C14H23ClN2O2S. The van der Waals surface area contributed by atoms with E-state index in [1.54, 1.807) is 21.1 Å². The summed E-state index contributed by atoms with van der Waals surface area (Å²) < 4.78 is 28.7. The average molecular weight is 319 g/mol. The number of hydrogen-bond donors (Lipinski definition) is 0. The molecule has 1 atom stereocenters. The van der Waals surface area contributed by atoms with Gasteiger partial charge in [0.1, 0.15) is 4.90 Å². The number of sulfonamides is 1. The van der Waals surface area contributed by atoms with Gasteiger partial charge in [-0.2, -0.15) is 4.31 Å². The minimum Gasteiger partial charge on any atom is -0.352 e. The Morgan fingerprint density at radius 2 is 2.05 bits per heavy atom. The number of nitrogens with zero attached hydrogens (tertiary/aromatic N) is 2. The maximum atomic E-state index is 12.7. The van der Waals surface area contributed by atoms with Gasteiger partial charge < -0.3 is 4.57 Å². The Labute approximate surface area is 126 Å². The van der Waals surface area contributed by atoms with Gasteiger partial charge in [0, 0.05) is 32.0 Å². The van der Waals surface area contributed by atoms with Crippen molar-refractivity contribution in [3.63, 3.8) is 0 Å². The first-order valence-corrected chi connectivity index (χ1v) is 8.85. The Hall–Kier alpha value is -0.520. The summed E-state index contributed by atoms with van der Waals surface area (Å²) in [5.74, 6) is 0.727. The van der Waals surface area contributed by atoms with E-state index in [9.17, 15) is 8.42 Å². The summed E-state index contributed by atoms with van der Waals surface area (Å²) in [6.45, 7) is 7.72. The van der Waals surface area contributed by atoms with E-state index < -0.39 is 10.0 Å². The normalized spacial score (nSPS) is 21.6. The van der Waals surface area contributed by atoms with Gasteiger partial charge >= 0.3 is 0 Å². The highest BCUT2D eigenvalue weighted by Gasteiger charge is 2.38. The molecule has 0 N–H and O–H groups in total. The Morgan fingerprint density at radius 1 is 1.40 bits per heavy atom. The van der Waals surface area contributed by atoms with Crippen molar-refractivity contribution in [3.8, 4) is 0 Å². The highest BCUT2D eigenvalue weighted by atomic mass is 35.5. The molecule has 0 bridgehead atoms. The molecule has 0 saturated carbocycles. The molecule has 0 amide bonds. The lowest BCUT2D eigenvalue weighted by Gasteiger charge is -2.26. The summed E-state index contributed by atoms with van der Waals surface area (Å²) in [6, 6.07) is 1.67. The molecule has 114 valence electrons. The maximum Gasteiger partial charge on any atom is 0.244 e. The second-order valence-corrected chi connectivity index (χ2v) is 8.83. The molecular weight excluding hydrogens is 296 g/mol. The van der Waals surface area contributed by atoms with Crippen LogP contribution in [0.5, 0.6) is 0 Å². The van der Waals surface area contributed by atoms with Gasteiger partial charge in [0.2, 0.25) is 10.0 Å². The molecule has 1 aliphatic rings. The van der Waals surface area contributed by atoms with Crippen molar-refractivity contribution in [2.75, 3.05) is 13.1 Å². The number of rotatable bonds is 3. The summed E-state index contributed by atoms with van der Waals surface area (Å²) in [5.41, 5.74) is 0.958. The van der Waals surface area contributed by atoms with E-state index in [4.69, 9.17) is 11.6 Å². The van der Waals surface area contributed by atoms with Crippen molar-refractivity contribution >= 4 is 21.6 Å². The summed E-state index contributed by atoms with van der Waals surface area (Å²) in [5, 5.41) is 0. The molecule has 0 radical (unpaired) electrons. The van der Waals surface area contributed by atoms with Crippen molar-refractivity contribution in [1.82, 2.24) is 8.87 Å². The van der Waals surface area contributed by atoms with Gasteiger partial charge in [-0.05, 0) is 23.8 Å². The van der Waals surface area contributed by atoms with Crippen LogP contribution in [0.4, 0.5) is 0 Å². The van der Waals surface area contributed by atoms with Crippen LogP contribution < -0.4 is 0 Å². The first kappa shape index (κ1) is 15.9. The zero-order valence-electron chi connectivity index (χ0n) is 12.6. The van der Waals surface area contributed by atoms with Crippen LogP contribution in [-0.4, -0.2) is 30.4 Å². The smallest absolute Gasteiger partial charge is 0.244 e. The van der Waals surface area contributed by atoms with Crippen LogP contribution in [0.25, 0.3) is 0 Å². The van der Waals surface area contributed by atoms with E-state index in [1.807, 2.05) is 7.05 Å². The lowest BCUT2D eigenvalue weighted by Crippen LogP contribution is -2.31. The summed E-state index contributed by atoms with van der Waals surface area (Å²) >= 11 is 5.81. The van der Waals surface area contributed by atoms with Crippen LogP contribution in [0.2, 0.25) is 0 Å². The van der Waals surface area contributed by atoms with Crippen molar-refractivity contribution < 1.29 is 8.42 Å². The highest BCUT2D eigenvalue weighted by Crippen LogP contribution is 2.36. The molecule has 1 unspecified atom stereocenters. The Kier molecular flexibility index (Phi) is 4.24. The van der Waals surface area contributed by atoms with E-state index in [-0.39, 0.29) is 5.41 Å². The monoisotopic (exact) mass is 318 g/mol. The minimum atomic E-state index is -3.39. The Morgan fingerprint density at radius 3 is 2.50 bits per heavy atom. The number of aryl methyl sites for hydroxylation is 1. The molecule has 20 heavy (non-hydrogen) atoms. The van der Waals surface area contributed by atoms with Crippen molar-refractivity contribution in [2.24, 2.45) is 18.4 Å². The fraction of sp³-hybridized carbons (Fsp3) is 0.714. The van der Waals surface area contributed by atoms with E-state index in [0.717, 1.165) is 12.1 Å². The molecule has 1 aromatic rings. The van der Waals surface area contributed by atoms with Gasteiger partial charge in [0.15, 0.2) is 0 Å². The third kappa shape index (κ3) is 2.90. The van der Waals surface area contributed by atoms with E-state index >= 15 is 0 Å². The van der Waals surface area contributed by atoms with E-state index in [0.29, 0.717) is 29.8 Å². The molecule has 1 aliphatic heterocycles. The van der Waals surface area contributed by atoms with Gasteiger partial charge in [-0.25, -0.2) is 8.42 Å². The summed E-state index contributed by atoms with van der Waals surface area (Å²) in [6.07, 6.45) is 2.58. The van der Waals surface area contributed by atoms with Crippen LogP contribution >= 0.6 is 11.6 Å². The van der Waals surface area contributed by atoms with Gasteiger partial charge in [0.05, 0.1) is 5.88 Å². The minimum absolute atomic E-state index is 0.141. The maximum absolute atomic E-state index is 12.7. The SMILES string of the molecule is Cn1cc(S(=O)(=O)N2CCC(C(C)(C)C)C2)cc1CCl. The third-order valence-electron chi connectivity index (χ3n) is 4.23. The van der Waals surface area contributed by atoms with Gasteiger partial charge in [0.25, 0.3) is 0 Å². The van der Waals surface area contributed by atoms with Crippen molar-refractivity contribution in [2.45, 2.75) is 38.0 Å². The second-order valence-electron chi connectivity index (χ2n) is 6.63. The number of hydrogen-bond acceptors (Lipinski definition) is 2. The van der Waals surface area contributed by atoms with Crippen LogP contribution in [0.15, 0.2) is 17.2 Å². The van der Waals surface area contributed by atoms with Crippen molar-refractivity contribution in [1.29, 1.82) is 0 Å². The fourth-order valence-corrected chi connectivity index (χ4v) is 4.52. The molecule has 4 nitrogen and oxygen atoms in total. The Bertz CT molecular complexity index is 587. The molecule has 6 heteroatoms. The number of aromatic nitrogens is 1. The standard InChI is InChI=1S/C14H23ClN2O2S/c1-14(2,3)11-5-6-17(9-11)20(18,19)13-7-12(8-15)16(4)10-13/h7,10-11H,5-6,8-9H2,1-4H3. The molecule has 1 aromatic heterocycles. The lowest BCUT2D eigenvalue weighted by molar-refractivity contribution is 0.252. The van der Waals surface area contributed by atoms with Gasteiger partial charge in [-0.3, -0.25) is 0 Å². The number of alkyl halides is 1. The number of halogens is 1. The summed E-state index contributed by atoms with van der Waals surface area (Å²) in [7, 11) is -1.57. The largest absolute Gasteiger partial charge is 0.352 e. The summed E-state index contributed by atoms with van der Waals surface area (Å²) in [4.78, 5) is 0.352. The molecule has 1 fully saturated rings. The fourth-order valence-electron chi connectivity index (χ4n) is 2.65. The van der Waals surface area contributed by atoms with Gasteiger partial charge in [-0.15, -0.1) is 11.6 Å². The van der Waals surface area contributed by atoms with E-state index in [1.165, 1.54) is 0 Å². The lowest BCUT2D eigenvalue weighted by atomic mass is 9.80. The third-order valence-corrected chi connectivity index (χ3v) is 6.34. The molecule has 2 rings (SSSR count). The first-order valence-electron chi connectivity index (χ1n) is 6.87. The first-order chi connectivity index (χ1) is 9.16. The highest BCUT2D eigenvalue weighted by molar-refractivity contribution is 7.89. The molecule has 0 spiro atoms. The topological polar surface area (TPSA) is 42.3 Å². The van der Waals surface area contributed by atoms with Gasteiger partial charge in [-0.1, -0.05) is 20.8 Å². The zero-order chi connectivity index (χ0) is 15.1. The second kappa shape index (κ2) is 5.35.